The number of aliphatic hydroxyl groups is 1. The van der Waals surface area contributed by atoms with Crippen LogP contribution in [0, 0.1) is 17.8 Å². The summed E-state index contributed by atoms with van der Waals surface area (Å²) in [5.41, 5.74) is 0.729. The Morgan fingerprint density at radius 1 is 1.39 bits per heavy atom. The smallest absolute Gasteiger partial charge is 0.270 e. The number of amides is 1. The molecule has 5 unspecified atom stereocenters. The molecule has 1 N–H and O–H groups in total. The number of rotatable bonds is 1. The summed E-state index contributed by atoms with van der Waals surface area (Å²) in [5, 5.41) is 10.3. The van der Waals surface area contributed by atoms with Crippen molar-refractivity contribution < 1.29 is 9.90 Å². The number of carbonyl (C=O) groups is 1. The van der Waals surface area contributed by atoms with Gasteiger partial charge in [-0.15, -0.1) is 0 Å². The molecule has 0 spiro atoms. The predicted molar refractivity (Wildman–Crippen MR) is 65.9 cm³/mol. The molecule has 1 aromatic rings. The van der Waals surface area contributed by atoms with Gasteiger partial charge in [-0.3, -0.25) is 4.79 Å². The summed E-state index contributed by atoms with van der Waals surface area (Å²) in [6.07, 6.45) is 3.83. The lowest BCUT2D eigenvalue weighted by molar-refractivity contribution is 0.0396. The molecule has 0 aromatic carbocycles. The van der Waals surface area contributed by atoms with E-state index in [-0.39, 0.29) is 18.1 Å². The normalized spacial score (nSPS) is 40.8. The van der Waals surface area contributed by atoms with Gasteiger partial charge in [0.1, 0.15) is 5.69 Å². The Labute approximate surface area is 106 Å². The zero-order chi connectivity index (χ0) is 12.4. The van der Waals surface area contributed by atoms with E-state index in [0.717, 1.165) is 25.1 Å². The van der Waals surface area contributed by atoms with Crippen LogP contribution in [0.2, 0.25) is 0 Å². The van der Waals surface area contributed by atoms with Gasteiger partial charge in [-0.1, -0.05) is 0 Å². The summed E-state index contributed by atoms with van der Waals surface area (Å²) in [6.45, 7) is 0.840. The van der Waals surface area contributed by atoms with Crippen molar-refractivity contribution >= 4 is 5.91 Å². The van der Waals surface area contributed by atoms with Crippen LogP contribution in [0.25, 0.3) is 0 Å². The van der Waals surface area contributed by atoms with Gasteiger partial charge >= 0.3 is 0 Å². The maximum Gasteiger partial charge on any atom is 0.270 e. The van der Waals surface area contributed by atoms with Crippen molar-refractivity contribution in [3.63, 3.8) is 0 Å². The lowest BCUT2D eigenvalue weighted by atomic mass is 9.88. The number of hydrogen-bond donors (Lipinski definition) is 1. The first-order valence-electron chi connectivity index (χ1n) is 6.77. The highest BCUT2D eigenvalue weighted by Gasteiger charge is 2.60. The van der Waals surface area contributed by atoms with E-state index in [1.807, 2.05) is 34.8 Å². The second-order valence-corrected chi connectivity index (χ2v) is 6.10. The van der Waals surface area contributed by atoms with Crippen molar-refractivity contribution in [1.29, 1.82) is 0 Å². The quantitative estimate of drug-likeness (QED) is 0.799. The van der Waals surface area contributed by atoms with Crippen LogP contribution in [0.5, 0.6) is 0 Å². The third-order valence-corrected chi connectivity index (χ3v) is 5.27. The lowest BCUT2D eigenvalue weighted by Crippen LogP contribution is -2.44. The molecular formula is C14H18N2O2. The van der Waals surface area contributed by atoms with Gasteiger partial charge < -0.3 is 14.6 Å². The summed E-state index contributed by atoms with van der Waals surface area (Å²) in [5.74, 6) is 1.71. The number of fused-ring (bicyclic) bond motifs is 1. The second kappa shape index (κ2) is 3.38. The fourth-order valence-corrected chi connectivity index (χ4v) is 4.48. The standard InChI is InChI=1S/C14H18N2O2/c1-15-4-2-3-11(15)14(18)16-7-9-5-8-6-10(9)12(16)13(8)17/h2-4,8-10,12-13,17H,5-7H2,1H3. The van der Waals surface area contributed by atoms with E-state index in [1.165, 1.54) is 0 Å². The molecule has 1 amide bonds. The summed E-state index contributed by atoms with van der Waals surface area (Å²) in [6, 6.07) is 3.84. The van der Waals surface area contributed by atoms with Crippen LogP contribution < -0.4 is 0 Å². The monoisotopic (exact) mass is 246 g/mol. The van der Waals surface area contributed by atoms with E-state index >= 15 is 0 Å². The molecule has 2 bridgehead atoms. The summed E-state index contributed by atoms with van der Waals surface area (Å²) >= 11 is 0. The van der Waals surface area contributed by atoms with Crippen molar-refractivity contribution in [1.82, 2.24) is 9.47 Å². The highest BCUT2D eigenvalue weighted by Crippen LogP contribution is 2.55. The number of aromatic nitrogens is 1. The molecule has 96 valence electrons. The highest BCUT2D eigenvalue weighted by atomic mass is 16.3. The van der Waals surface area contributed by atoms with Crippen molar-refractivity contribution in [2.24, 2.45) is 24.8 Å². The van der Waals surface area contributed by atoms with Gasteiger partial charge in [-0.05, 0) is 42.7 Å². The number of carbonyl (C=O) groups excluding carboxylic acids is 1. The van der Waals surface area contributed by atoms with Gasteiger partial charge in [0.2, 0.25) is 0 Å². The minimum Gasteiger partial charge on any atom is -0.391 e. The van der Waals surface area contributed by atoms with E-state index in [1.54, 1.807) is 0 Å². The third-order valence-electron chi connectivity index (χ3n) is 5.27. The van der Waals surface area contributed by atoms with E-state index in [9.17, 15) is 9.90 Å². The number of aliphatic hydroxyl groups excluding tert-OH is 1. The minimum absolute atomic E-state index is 0.0798. The lowest BCUT2D eigenvalue weighted by Gasteiger charge is -2.28. The molecule has 4 rings (SSSR count). The molecule has 18 heavy (non-hydrogen) atoms. The fraction of sp³-hybridized carbons (Fsp3) is 0.643. The summed E-state index contributed by atoms with van der Waals surface area (Å²) < 4.78 is 1.86. The molecule has 2 saturated carbocycles. The second-order valence-electron chi connectivity index (χ2n) is 6.10. The first-order chi connectivity index (χ1) is 8.66. The molecule has 3 aliphatic rings. The zero-order valence-corrected chi connectivity index (χ0v) is 10.5. The molecule has 1 aromatic heterocycles. The highest BCUT2D eigenvalue weighted by molar-refractivity contribution is 5.93. The Morgan fingerprint density at radius 2 is 2.22 bits per heavy atom. The molecule has 4 nitrogen and oxygen atoms in total. The first kappa shape index (κ1) is 10.6. The van der Waals surface area contributed by atoms with Gasteiger partial charge in [-0.25, -0.2) is 0 Å². The third kappa shape index (κ3) is 1.17. The summed E-state index contributed by atoms with van der Waals surface area (Å²) in [4.78, 5) is 14.5. The van der Waals surface area contributed by atoms with Gasteiger partial charge in [0.15, 0.2) is 0 Å². The Bertz CT molecular complexity index is 508. The molecule has 5 atom stereocenters. The Kier molecular flexibility index (Phi) is 1.99. The summed E-state index contributed by atoms with van der Waals surface area (Å²) in [7, 11) is 1.89. The van der Waals surface area contributed by atoms with Crippen LogP contribution in [0.15, 0.2) is 18.3 Å². The Balaban J connectivity index is 1.67. The molecule has 1 aliphatic heterocycles. The average molecular weight is 246 g/mol. The molecule has 2 heterocycles. The number of nitrogens with zero attached hydrogens (tertiary/aromatic N) is 2. The minimum atomic E-state index is -0.294. The van der Waals surface area contributed by atoms with Crippen LogP contribution >= 0.6 is 0 Å². The SMILES string of the molecule is Cn1cccc1C(=O)N1CC2CC3CC2C1C3O. The van der Waals surface area contributed by atoms with Crippen molar-refractivity contribution in [3.8, 4) is 0 Å². The van der Waals surface area contributed by atoms with Gasteiger partial charge in [-0.2, -0.15) is 0 Å². The van der Waals surface area contributed by atoms with E-state index in [2.05, 4.69) is 0 Å². The topological polar surface area (TPSA) is 45.5 Å². The predicted octanol–water partition coefficient (Wildman–Crippen LogP) is 0.866. The maximum atomic E-state index is 12.6. The molecule has 4 heteroatoms. The van der Waals surface area contributed by atoms with Crippen LogP contribution in [0.1, 0.15) is 23.3 Å². The van der Waals surface area contributed by atoms with Crippen LogP contribution in [0.3, 0.4) is 0 Å². The van der Waals surface area contributed by atoms with Crippen LogP contribution in [-0.4, -0.2) is 39.2 Å². The van der Waals surface area contributed by atoms with Crippen molar-refractivity contribution in [2.75, 3.05) is 6.54 Å². The Hall–Kier alpha value is -1.29. The van der Waals surface area contributed by atoms with Crippen LogP contribution in [0.4, 0.5) is 0 Å². The fourth-order valence-electron chi connectivity index (χ4n) is 4.48. The Morgan fingerprint density at radius 3 is 2.89 bits per heavy atom. The van der Waals surface area contributed by atoms with Crippen molar-refractivity contribution in [3.05, 3.63) is 24.0 Å². The maximum absolute atomic E-state index is 12.6. The number of likely N-dealkylation sites (tertiary alicyclic amines) is 1. The van der Waals surface area contributed by atoms with Crippen molar-refractivity contribution in [2.45, 2.75) is 25.0 Å². The van der Waals surface area contributed by atoms with E-state index < -0.39 is 0 Å². The van der Waals surface area contributed by atoms with Gasteiger partial charge in [0.05, 0.1) is 12.1 Å². The first-order valence-corrected chi connectivity index (χ1v) is 6.77. The van der Waals surface area contributed by atoms with E-state index in [0.29, 0.717) is 17.8 Å². The molecule has 1 saturated heterocycles. The molecular weight excluding hydrogens is 228 g/mol. The van der Waals surface area contributed by atoms with E-state index in [4.69, 9.17) is 0 Å². The molecule has 3 fully saturated rings. The molecule has 0 radical (unpaired) electrons. The number of hydrogen-bond acceptors (Lipinski definition) is 2. The average Bonchev–Trinajstić information content (AvgIpc) is 3.01. The number of aryl methyl sites for hydroxylation is 1. The molecule has 2 aliphatic carbocycles. The van der Waals surface area contributed by atoms with Gasteiger partial charge in [0.25, 0.3) is 5.91 Å². The zero-order valence-electron chi connectivity index (χ0n) is 10.5. The van der Waals surface area contributed by atoms with Crippen LogP contribution in [-0.2, 0) is 7.05 Å². The van der Waals surface area contributed by atoms with Gasteiger partial charge in [0, 0.05) is 19.8 Å². The largest absolute Gasteiger partial charge is 0.391 e.